The maximum Gasteiger partial charge on any atom is 0.261 e. The first-order valence-corrected chi connectivity index (χ1v) is 7.03. The van der Waals surface area contributed by atoms with Crippen molar-refractivity contribution in [2.45, 2.75) is 26.3 Å². The second-order valence-corrected chi connectivity index (χ2v) is 5.47. The molecule has 1 unspecified atom stereocenters. The molecule has 1 heterocycles. The number of amides is 2. The van der Waals surface area contributed by atoms with Gasteiger partial charge in [0.25, 0.3) is 11.8 Å². The fourth-order valence-electron chi connectivity index (χ4n) is 2.66. The number of hydrogen-bond donors (Lipinski definition) is 0. The minimum absolute atomic E-state index is 0.117. The highest BCUT2D eigenvalue weighted by atomic mass is 35.5. The third-order valence-corrected chi connectivity index (χ3v) is 4.25. The number of rotatable bonds is 2. The third-order valence-electron chi connectivity index (χ3n) is 3.92. The zero-order valence-corrected chi connectivity index (χ0v) is 12.1. The van der Waals surface area contributed by atoms with Gasteiger partial charge in [-0.25, -0.2) is 0 Å². The van der Waals surface area contributed by atoms with Crippen LogP contribution in [0, 0.1) is 0 Å². The Balaban J connectivity index is 2.34. The first-order chi connectivity index (χ1) is 9.56. The molecular weight excluding hydrogens is 274 g/mol. The molecule has 102 valence electrons. The van der Waals surface area contributed by atoms with Crippen LogP contribution in [0.1, 0.15) is 41.0 Å². The summed E-state index contributed by atoms with van der Waals surface area (Å²) in [6.45, 7) is 3.85. The Kier molecular flexibility index (Phi) is 3.02. The van der Waals surface area contributed by atoms with Crippen LogP contribution in [0.3, 0.4) is 0 Å². The zero-order chi connectivity index (χ0) is 14.4. The van der Waals surface area contributed by atoms with E-state index in [4.69, 9.17) is 11.6 Å². The summed E-state index contributed by atoms with van der Waals surface area (Å²) in [6.07, 6.45) is 0.733. The predicted octanol–water partition coefficient (Wildman–Crippen LogP) is 3.89. The molecule has 1 aliphatic rings. The van der Waals surface area contributed by atoms with Gasteiger partial charge < -0.3 is 0 Å². The summed E-state index contributed by atoms with van der Waals surface area (Å²) < 4.78 is 0. The maximum absolute atomic E-state index is 12.6. The van der Waals surface area contributed by atoms with E-state index in [-0.39, 0.29) is 17.9 Å². The van der Waals surface area contributed by atoms with E-state index in [1.807, 2.05) is 19.9 Å². The first kappa shape index (κ1) is 13.1. The average Bonchev–Trinajstić information content (AvgIpc) is 2.46. The minimum Gasteiger partial charge on any atom is -0.272 e. The average molecular weight is 288 g/mol. The van der Waals surface area contributed by atoms with Gasteiger partial charge >= 0.3 is 0 Å². The van der Waals surface area contributed by atoms with Crippen LogP contribution in [0.25, 0.3) is 10.8 Å². The monoisotopic (exact) mass is 287 g/mol. The van der Waals surface area contributed by atoms with Crippen LogP contribution < -0.4 is 0 Å². The molecule has 2 amide bonds. The predicted molar refractivity (Wildman–Crippen MR) is 79.2 cm³/mol. The van der Waals surface area contributed by atoms with Gasteiger partial charge in [0.1, 0.15) is 0 Å². The number of hydrogen-bond acceptors (Lipinski definition) is 2. The molecule has 3 rings (SSSR count). The Bertz CT molecular complexity index is 716. The van der Waals surface area contributed by atoms with E-state index in [0.717, 1.165) is 11.8 Å². The lowest BCUT2D eigenvalue weighted by atomic mass is 9.93. The topological polar surface area (TPSA) is 37.4 Å². The van der Waals surface area contributed by atoms with Crippen LogP contribution in [0.5, 0.6) is 0 Å². The van der Waals surface area contributed by atoms with E-state index >= 15 is 0 Å². The molecule has 2 aromatic rings. The quantitative estimate of drug-likeness (QED) is 0.786. The summed E-state index contributed by atoms with van der Waals surface area (Å²) in [5.74, 6) is -0.463. The summed E-state index contributed by atoms with van der Waals surface area (Å²) in [5, 5.41) is 1.99. The molecule has 0 aromatic heterocycles. The van der Waals surface area contributed by atoms with Crippen LogP contribution in [0.4, 0.5) is 0 Å². The fraction of sp³-hybridized carbons (Fsp3) is 0.250. The fourth-order valence-corrected chi connectivity index (χ4v) is 2.88. The molecule has 0 saturated carbocycles. The molecule has 0 aliphatic carbocycles. The van der Waals surface area contributed by atoms with Crippen LogP contribution >= 0.6 is 11.6 Å². The lowest BCUT2D eigenvalue weighted by Crippen LogP contribution is -2.45. The number of benzene rings is 2. The number of halogens is 1. The Morgan fingerprint density at radius 1 is 1.10 bits per heavy atom. The van der Waals surface area contributed by atoms with Gasteiger partial charge in [-0.15, -0.1) is 0 Å². The summed E-state index contributed by atoms with van der Waals surface area (Å²) in [7, 11) is 0. The summed E-state index contributed by atoms with van der Waals surface area (Å²) >= 11 is 6.17. The smallest absolute Gasteiger partial charge is 0.261 e. The summed E-state index contributed by atoms with van der Waals surface area (Å²) in [5.41, 5.74) is 1.11. The first-order valence-electron chi connectivity index (χ1n) is 6.65. The Morgan fingerprint density at radius 3 is 2.40 bits per heavy atom. The molecule has 0 radical (unpaired) electrons. The maximum atomic E-state index is 12.6. The Morgan fingerprint density at radius 2 is 1.75 bits per heavy atom. The van der Waals surface area contributed by atoms with Gasteiger partial charge in [-0.1, -0.05) is 30.7 Å². The van der Waals surface area contributed by atoms with Gasteiger partial charge in [0.2, 0.25) is 0 Å². The van der Waals surface area contributed by atoms with Crippen molar-refractivity contribution in [2.24, 2.45) is 0 Å². The van der Waals surface area contributed by atoms with Crippen LogP contribution in [0.15, 0.2) is 30.3 Å². The molecule has 0 spiro atoms. The van der Waals surface area contributed by atoms with Crippen molar-refractivity contribution in [2.75, 3.05) is 0 Å². The SMILES string of the molecule is CCC(C)N1C(=O)c2cccc3c(Cl)ccc(c23)C1=O. The van der Waals surface area contributed by atoms with Crippen LogP contribution in [-0.2, 0) is 0 Å². The summed E-state index contributed by atoms with van der Waals surface area (Å²) in [4.78, 5) is 26.5. The van der Waals surface area contributed by atoms with Crippen LogP contribution in [0.2, 0.25) is 5.02 Å². The Labute approximate surface area is 122 Å². The second-order valence-electron chi connectivity index (χ2n) is 5.06. The third kappa shape index (κ3) is 1.66. The van der Waals surface area contributed by atoms with Gasteiger partial charge in [0.05, 0.1) is 0 Å². The molecule has 1 atom stereocenters. The normalized spacial score (nSPS) is 15.8. The molecule has 0 N–H and O–H groups in total. The molecule has 4 heteroatoms. The van der Waals surface area contributed by atoms with Crippen molar-refractivity contribution < 1.29 is 9.59 Å². The molecular formula is C16H14ClNO2. The van der Waals surface area contributed by atoms with E-state index < -0.39 is 0 Å². The standard InChI is InChI=1S/C16H14ClNO2/c1-3-9(2)18-15(19)11-6-4-5-10-13(17)8-7-12(14(10)11)16(18)20/h4-9H,3H2,1-2H3. The van der Waals surface area contributed by atoms with E-state index in [9.17, 15) is 9.59 Å². The van der Waals surface area contributed by atoms with Gasteiger partial charge in [-0.2, -0.15) is 0 Å². The van der Waals surface area contributed by atoms with Crippen molar-refractivity contribution in [1.82, 2.24) is 4.90 Å². The van der Waals surface area contributed by atoms with E-state index in [0.29, 0.717) is 21.5 Å². The van der Waals surface area contributed by atoms with Gasteiger partial charge in [0.15, 0.2) is 0 Å². The van der Waals surface area contributed by atoms with E-state index in [1.165, 1.54) is 4.90 Å². The van der Waals surface area contributed by atoms with Crippen molar-refractivity contribution >= 4 is 34.2 Å². The molecule has 0 fully saturated rings. The second kappa shape index (κ2) is 4.60. The van der Waals surface area contributed by atoms with Crippen molar-refractivity contribution in [1.29, 1.82) is 0 Å². The number of nitrogens with zero attached hydrogens (tertiary/aromatic N) is 1. The number of imide groups is 1. The number of carbonyl (C=O) groups is 2. The molecule has 0 bridgehead atoms. The highest BCUT2D eigenvalue weighted by molar-refractivity contribution is 6.38. The lowest BCUT2D eigenvalue weighted by Gasteiger charge is -2.31. The number of carbonyl (C=O) groups excluding carboxylic acids is 2. The van der Waals surface area contributed by atoms with Gasteiger partial charge in [0, 0.05) is 33.0 Å². The highest BCUT2D eigenvalue weighted by Crippen LogP contribution is 2.34. The van der Waals surface area contributed by atoms with E-state index in [1.54, 1.807) is 24.3 Å². The largest absolute Gasteiger partial charge is 0.272 e. The Hall–Kier alpha value is -1.87. The summed E-state index contributed by atoms with van der Waals surface area (Å²) in [6, 6.07) is 8.70. The van der Waals surface area contributed by atoms with Gasteiger partial charge in [-0.3, -0.25) is 14.5 Å². The van der Waals surface area contributed by atoms with E-state index in [2.05, 4.69) is 0 Å². The van der Waals surface area contributed by atoms with Crippen molar-refractivity contribution in [3.05, 3.63) is 46.5 Å². The lowest BCUT2D eigenvalue weighted by molar-refractivity contribution is 0.0548. The van der Waals surface area contributed by atoms with Crippen molar-refractivity contribution in [3.8, 4) is 0 Å². The molecule has 1 aliphatic heterocycles. The zero-order valence-electron chi connectivity index (χ0n) is 11.3. The molecule has 0 saturated heterocycles. The minimum atomic E-state index is -0.232. The highest BCUT2D eigenvalue weighted by Gasteiger charge is 2.35. The van der Waals surface area contributed by atoms with Crippen molar-refractivity contribution in [3.63, 3.8) is 0 Å². The van der Waals surface area contributed by atoms with Gasteiger partial charge in [-0.05, 0) is 31.5 Å². The van der Waals surface area contributed by atoms with Crippen LogP contribution in [-0.4, -0.2) is 22.8 Å². The molecule has 2 aromatic carbocycles. The molecule has 3 nitrogen and oxygen atoms in total. The molecule has 20 heavy (non-hydrogen) atoms.